The topological polar surface area (TPSA) is 68.8 Å². The van der Waals surface area contributed by atoms with E-state index in [1.165, 1.54) is 0 Å². The van der Waals surface area contributed by atoms with E-state index in [1.807, 2.05) is 0 Å². The summed E-state index contributed by atoms with van der Waals surface area (Å²) in [4.78, 5) is 6.99. The van der Waals surface area contributed by atoms with Crippen molar-refractivity contribution in [2.45, 2.75) is 0 Å². The second-order valence-corrected chi connectivity index (χ2v) is 0.245. The smallest absolute Gasteiger partial charge is 0.324 e. The largest absolute Gasteiger partial charge is 0.412 e. The molecule has 0 saturated heterocycles. The zero-order valence-electron chi connectivity index (χ0n) is 2.51. The number of rotatable bonds is 0. The zero-order chi connectivity index (χ0) is 2.71. The minimum absolute atomic E-state index is 0. The maximum absolute atomic E-state index is 8.46. The van der Waals surface area contributed by atoms with E-state index in [9.17, 15) is 0 Å². The van der Waals surface area contributed by atoms with Crippen LogP contribution in [-0.2, 0) is 24.0 Å². The summed E-state index contributed by atoms with van der Waals surface area (Å²) in [5.41, 5.74) is 0. The Balaban J connectivity index is -0.0000000200. The van der Waals surface area contributed by atoms with E-state index in [0.717, 1.165) is 0 Å². The van der Waals surface area contributed by atoms with Crippen molar-refractivity contribution in [1.82, 2.24) is 0 Å². The van der Waals surface area contributed by atoms with Gasteiger partial charge in [-0.05, 0) is 0 Å². The average Bonchev–Trinajstić information content (AvgIpc) is 0.918. The van der Waals surface area contributed by atoms with E-state index in [2.05, 4.69) is 0 Å². The maximum Gasteiger partial charge on any atom is 0.324 e. The van der Waals surface area contributed by atoms with Crippen LogP contribution in [0.25, 0.3) is 0 Å². The molecule has 0 atom stereocenters. The van der Waals surface area contributed by atoms with Crippen LogP contribution in [0.15, 0.2) is 0 Å². The molecule has 5 heteroatoms. The minimum Gasteiger partial charge on any atom is -0.412 e. The summed E-state index contributed by atoms with van der Waals surface area (Å²) in [5.74, 6) is 0. The van der Waals surface area contributed by atoms with E-state index in [-0.39, 0.29) is 25.0 Å². The SMILES string of the molecule is O.O=PO.[Zn]. The summed E-state index contributed by atoms with van der Waals surface area (Å²) in [6, 6.07) is 0. The Bertz CT molecular complexity index is 14.4. The van der Waals surface area contributed by atoms with Gasteiger partial charge in [0, 0.05) is 19.5 Å². The molecule has 5 heavy (non-hydrogen) atoms. The second kappa shape index (κ2) is 22.8. The van der Waals surface area contributed by atoms with Gasteiger partial charge in [-0.15, -0.1) is 0 Å². The van der Waals surface area contributed by atoms with Gasteiger partial charge in [-0.1, -0.05) is 0 Å². The van der Waals surface area contributed by atoms with Gasteiger partial charge in [0.05, 0.1) is 0 Å². The average molecular weight is 147 g/mol. The van der Waals surface area contributed by atoms with Crippen LogP contribution in [0.4, 0.5) is 0 Å². The van der Waals surface area contributed by atoms with E-state index in [4.69, 9.17) is 9.46 Å². The fourth-order valence-electron chi connectivity index (χ4n) is 0. The molecule has 0 rings (SSSR count). The van der Waals surface area contributed by atoms with Gasteiger partial charge < -0.3 is 10.4 Å². The monoisotopic (exact) mass is 146 g/mol. The van der Waals surface area contributed by atoms with Crippen LogP contribution in [0, 0.1) is 0 Å². The van der Waals surface area contributed by atoms with Gasteiger partial charge in [0.2, 0.25) is 0 Å². The van der Waals surface area contributed by atoms with E-state index >= 15 is 0 Å². The third-order valence-corrected chi connectivity index (χ3v) is 0. The van der Waals surface area contributed by atoms with Crippen LogP contribution in [0.5, 0.6) is 0 Å². The summed E-state index contributed by atoms with van der Waals surface area (Å²) in [7, 11) is -0.833. The molecule has 0 aliphatic rings. The molecule has 0 aliphatic carbocycles. The zero-order valence-corrected chi connectivity index (χ0v) is 6.37. The van der Waals surface area contributed by atoms with Gasteiger partial charge in [0.1, 0.15) is 0 Å². The normalized spacial score (nSPS) is 4.20. The van der Waals surface area contributed by atoms with Crippen molar-refractivity contribution in [2.75, 3.05) is 0 Å². The summed E-state index contributed by atoms with van der Waals surface area (Å²) in [5, 5.41) is 0. The van der Waals surface area contributed by atoms with Crippen LogP contribution in [0.2, 0.25) is 0 Å². The van der Waals surface area contributed by atoms with Gasteiger partial charge in [-0.3, -0.25) is 0 Å². The molecule has 28 valence electrons. The Morgan fingerprint density at radius 3 is 1.60 bits per heavy atom. The fraction of sp³-hybridized carbons (Fsp3) is 0. The fourth-order valence-corrected chi connectivity index (χ4v) is 0. The molecule has 0 fully saturated rings. The van der Waals surface area contributed by atoms with Gasteiger partial charge >= 0.3 is 8.69 Å². The molecule has 0 aromatic rings. The molecule has 0 amide bonds. The maximum atomic E-state index is 8.46. The first-order chi connectivity index (χ1) is 1.41. The first-order valence-corrected chi connectivity index (χ1v) is 1.15. The molecular weight excluding hydrogens is 144 g/mol. The van der Waals surface area contributed by atoms with Crippen molar-refractivity contribution in [1.29, 1.82) is 0 Å². The first-order valence-electron chi connectivity index (χ1n) is 0.383. The summed E-state index contributed by atoms with van der Waals surface area (Å²) >= 11 is 0. The van der Waals surface area contributed by atoms with Gasteiger partial charge in [0.25, 0.3) is 0 Å². The molecule has 0 bridgehead atoms. The van der Waals surface area contributed by atoms with Crippen molar-refractivity contribution >= 4 is 8.69 Å². The van der Waals surface area contributed by atoms with E-state index < -0.39 is 8.69 Å². The number of hydrogen-bond donors (Lipinski definition) is 1. The standard InChI is InChI=1S/HO2P.H2O.Zn/c1-3-2;;/h(H,1,2);1H2;. The molecule has 0 spiro atoms. The van der Waals surface area contributed by atoms with E-state index in [1.54, 1.807) is 0 Å². The molecule has 3 nitrogen and oxygen atoms in total. The molecule has 3 N–H and O–H groups in total. The van der Waals surface area contributed by atoms with Crippen LogP contribution in [0.1, 0.15) is 0 Å². The third kappa shape index (κ3) is 78.4. The molecular formula is H3O3PZn. The third-order valence-electron chi connectivity index (χ3n) is 0. The molecule has 0 heterocycles. The molecule has 0 aromatic heterocycles. The molecule has 0 aliphatic heterocycles. The second-order valence-electron chi connectivity index (χ2n) is 0.0816. The summed E-state index contributed by atoms with van der Waals surface area (Å²) < 4.78 is 8.46. The van der Waals surface area contributed by atoms with Crippen molar-refractivity contribution in [3.63, 3.8) is 0 Å². The quantitative estimate of drug-likeness (QED) is 0.366. The van der Waals surface area contributed by atoms with Crippen LogP contribution < -0.4 is 0 Å². The summed E-state index contributed by atoms with van der Waals surface area (Å²) in [6.07, 6.45) is 0. The molecule has 0 saturated carbocycles. The van der Waals surface area contributed by atoms with Crippen molar-refractivity contribution in [3.05, 3.63) is 0 Å². The van der Waals surface area contributed by atoms with Crippen molar-refractivity contribution < 1.29 is 34.4 Å². The molecule has 0 aromatic carbocycles. The Kier molecular flexibility index (Phi) is 79.5. The Labute approximate surface area is 43.7 Å². The Morgan fingerprint density at radius 1 is 1.60 bits per heavy atom. The van der Waals surface area contributed by atoms with E-state index in [0.29, 0.717) is 0 Å². The van der Waals surface area contributed by atoms with Gasteiger partial charge in [0.15, 0.2) is 0 Å². The Hall–Kier alpha value is 0.643. The van der Waals surface area contributed by atoms with Gasteiger partial charge in [-0.25, -0.2) is 4.57 Å². The van der Waals surface area contributed by atoms with Crippen LogP contribution in [-0.4, -0.2) is 10.4 Å². The molecule has 0 radical (unpaired) electrons. The van der Waals surface area contributed by atoms with Crippen molar-refractivity contribution in [3.8, 4) is 0 Å². The van der Waals surface area contributed by atoms with Crippen molar-refractivity contribution in [2.24, 2.45) is 0 Å². The first kappa shape index (κ1) is 17.4. The van der Waals surface area contributed by atoms with Crippen LogP contribution >= 0.6 is 8.69 Å². The minimum atomic E-state index is -0.833. The molecule has 0 unspecified atom stereocenters. The van der Waals surface area contributed by atoms with Crippen LogP contribution in [0.3, 0.4) is 0 Å². The van der Waals surface area contributed by atoms with Gasteiger partial charge in [-0.2, -0.15) is 0 Å². The predicted octanol–water partition coefficient (Wildman–Crippen LogP) is -0.642. The summed E-state index contributed by atoms with van der Waals surface area (Å²) in [6.45, 7) is 0. The predicted molar refractivity (Wildman–Crippen MR) is 13.4 cm³/mol. The number of hydrogen-bond acceptors (Lipinski definition) is 1. The Morgan fingerprint density at radius 2 is 1.60 bits per heavy atom.